The molecule has 214 valence electrons. The fraction of sp³-hybridized carbons (Fsp3) is 0.615. The first-order valence-electron chi connectivity index (χ1n) is 13.3. The summed E-state index contributed by atoms with van der Waals surface area (Å²) in [4.78, 5) is 68.0. The van der Waals surface area contributed by atoms with Gasteiger partial charge in [0.1, 0.15) is 23.3 Å². The molecule has 1 saturated heterocycles. The smallest absolute Gasteiger partial charge is 0.326 e. The minimum Gasteiger partial charge on any atom is -0.480 e. The highest BCUT2D eigenvalue weighted by Gasteiger charge is 2.47. The fourth-order valence-electron chi connectivity index (χ4n) is 5.48. The number of nitrogens with zero attached hydrogens (tertiary/aromatic N) is 2. The average molecular weight is 566 g/mol. The molecule has 0 radical (unpaired) electrons. The predicted octanol–water partition coefficient (Wildman–Crippen LogP) is 1.56. The number of nitrogens with two attached hydrogens (primary N) is 1. The highest BCUT2D eigenvalue weighted by atomic mass is 35.5. The number of fused-ring (bicyclic) bond motifs is 1. The van der Waals surface area contributed by atoms with Crippen LogP contribution in [0.3, 0.4) is 0 Å². The van der Waals surface area contributed by atoms with Crippen molar-refractivity contribution >= 4 is 41.3 Å². The van der Waals surface area contributed by atoms with Crippen molar-refractivity contribution in [2.24, 2.45) is 11.7 Å². The molecule has 39 heavy (non-hydrogen) atoms. The number of pyridine rings is 1. The molecule has 0 spiro atoms. The Bertz CT molecular complexity index is 1050. The topological polar surface area (TPSA) is 192 Å². The Kier molecular flexibility index (Phi) is 11.0. The molecule has 6 N–H and O–H groups in total. The van der Waals surface area contributed by atoms with Crippen LogP contribution in [0.1, 0.15) is 74.6 Å². The van der Waals surface area contributed by atoms with E-state index in [2.05, 4.69) is 15.6 Å². The van der Waals surface area contributed by atoms with Crippen LogP contribution in [0.15, 0.2) is 18.3 Å². The van der Waals surface area contributed by atoms with Crippen molar-refractivity contribution in [2.45, 2.75) is 88.4 Å². The van der Waals surface area contributed by atoms with Gasteiger partial charge in [-0.15, -0.1) is 0 Å². The van der Waals surface area contributed by atoms with Crippen molar-refractivity contribution < 1.29 is 34.2 Å². The number of hydrogen-bond donors (Lipinski definition) is 5. The summed E-state index contributed by atoms with van der Waals surface area (Å²) in [6.07, 6.45) is 6.06. The molecule has 5 atom stereocenters. The summed E-state index contributed by atoms with van der Waals surface area (Å²) >= 11 is 5.76. The number of aromatic nitrogens is 1. The quantitative estimate of drug-likeness (QED) is 0.174. The first kappa shape index (κ1) is 30.3. The van der Waals surface area contributed by atoms with Crippen LogP contribution in [-0.4, -0.2) is 80.5 Å². The van der Waals surface area contributed by atoms with Crippen LogP contribution in [0.4, 0.5) is 0 Å². The second kappa shape index (κ2) is 14.2. The van der Waals surface area contributed by atoms with Crippen LogP contribution in [0.25, 0.3) is 0 Å². The molecule has 1 aromatic heterocycles. The summed E-state index contributed by atoms with van der Waals surface area (Å²) in [6, 6.07) is -0.647. The van der Waals surface area contributed by atoms with E-state index in [-0.39, 0.29) is 41.9 Å². The lowest BCUT2D eigenvalue weighted by Gasteiger charge is -2.33. The normalized spacial score (nSPS) is 21.9. The van der Waals surface area contributed by atoms with Gasteiger partial charge in [-0.25, -0.2) is 14.6 Å². The molecule has 2 aliphatic rings. The van der Waals surface area contributed by atoms with Crippen molar-refractivity contribution in [1.82, 2.24) is 20.5 Å². The Morgan fingerprint density at radius 1 is 1.05 bits per heavy atom. The number of amides is 3. The van der Waals surface area contributed by atoms with Crippen molar-refractivity contribution in [2.75, 3.05) is 6.54 Å². The van der Waals surface area contributed by atoms with Gasteiger partial charge in [-0.3, -0.25) is 14.4 Å². The van der Waals surface area contributed by atoms with Gasteiger partial charge < -0.3 is 31.5 Å². The number of rotatable bonds is 13. The summed E-state index contributed by atoms with van der Waals surface area (Å²) in [5.74, 6) is -3.98. The van der Waals surface area contributed by atoms with Crippen LogP contribution in [-0.2, 0) is 19.2 Å². The van der Waals surface area contributed by atoms with Gasteiger partial charge in [0.05, 0.1) is 5.56 Å². The zero-order valence-corrected chi connectivity index (χ0v) is 22.4. The van der Waals surface area contributed by atoms with Crippen molar-refractivity contribution in [1.29, 1.82) is 0 Å². The molecule has 1 aromatic rings. The number of carboxylic acids is 2. The number of unbranched alkanes of at least 4 members (excludes halogenated alkanes) is 1. The monoisotopic (exact) mass is 565 g/mol. The van der Waals surface area contributed by atoms with Crippen molar-refractivity contribution in [3.63, 3.8) is 0 Å². The van der Waals surface area contributed by atoms with Gasteiger partial charge in [0.25, 0.3) is 5.91 Å². The molecule has 3 rings (SSSR count). The Labute approximate surface area is 231 Å². The number of likely N-dealkylation sites (tertiary alicyclic amines) is 1. The third kappa shape index (κ3) is 8.12. The lowest BCUT2D eigenvalue weighted by atomic mass is 9.84. The highest BCUT2D eigenvalue weighted by Crippen LogP contribution is 2.40. The average Bonchev–Trinajstić information content (AvgIpc) is 3.30. The Balaban J connectivity index is 1.65. The summed E-state index contributed by atoms with van der Waals surface area (Å²) in [6.45, 7) is 0.388. The minimum absolute atomic E-state index is 0.132. The molecule has 2 heterocycles. The molecule has 0 aromatic carbocycles. The Morgan fingerprint density at radius 2 is 1.79 bits per heavy atom. The van der Waals surface area contributed by atoms with Gasteiger partial charge in [0.15, 0.2) is 0 Å². The molecular formula is C26H36ClN5O7. The van der Waals surface area contributed by atoms with Gasteiger partial charge in [0.2, 0.25) is 11.8 Å². The maximum atomic E-state index is 13.1. The fourth-order valence-corrected chi connectivity index (χ4v) is 5.59. The van der Waals surface area contributed by atoms with E-state index >= 15 is 0 Å². The molecule has 0 bridgehead atoms. The van der Waals surface area contributed by atoms with Crippen LogP contribution in [0, 0.1) is 5.92 Å². The number of carboxylic acid groups (broad SMARTS) is 2. The molecular weight excluding hydrogens is 530 g/mol. The molecule has 1 saturated carbocycles. The van der Waals surface area contributed by atoms with Crippen molar-refractivity contribution in [3.05, 3.63) is 29.0 Å². The summed E-state index contributed by atoms with van der Waals surface area (Å²) < 4.78 is 0. The standard InChI is InChI=1S/C26H36ClN5O7/c27-21-10-8-16(14-29-21)23(34)30-17(6-3-4-12-28)24(35)31-18(25(36)37)9-11-22(33)32-19-7-2-1-5-15(19)13-20(32)26(38)39/h8,10,14-15,17-20H,1-7,9,11-13,28H2,(H,30,34)(H,31,35)(H,36,37)(H,38,39)/t15-,17-,18+,19-,20-/m0/s1. The minimum atomic E-state index is -1.40. The maximum Gasteiger partial charge on any atom is 0.326 e. The lowest BCUT2D eigenvalue weighted by Crippen LogP contribution is -2.52. The Morgan fingerprint density at radius 3 is 2.44 bits per heavy atom. The van der Waals surface area contributed by atoms with E-state index in [4.69, 9.17) is 17.3 Å². The number of halogens is 1. The Hall–Kier alpha value is -3.25. The van der Waals surface area contributed by atoms with Crippen molar-refractivity contribution in [3.8, 4) is 0 Å². The van der Waals surface area contributed by atoms with Crippen LogP contribution in [0.5, 0.6) is 0 Å². The second-order valence-corrected chi connectivity index (χ2v) is 10.5. The van der Waals surface area contributed by atoms with E-state index in [0.29, 0.717) is 25.8 Å². The molecule has 1 aliphatic heterocycles. The first-order chi connectivity index (χ1) is 18.6. The molecule has 3 amide bonds. The highest BCUT2D eigenvalue weighted by molar-refractivity contribution is 6.29. The third-order valence-corrected chi connectivity index (χ3v) is 7.70. The molecule has 1 aliphatic carbocycles. The SMILES string of the molecule is NCCCC[C@H](NC(=O)c1ccc(Cl)nc1)C(=O)N[C@H](CCC(=O)N1[C@H](C(=O)O)C[C@@H]2CCCC[C@@H]21)C(=O)O. The number of carbonyl (C=O) groups excluding carboxylic acids is 3. The van der Waals surface area contributed by atoms with Gasteiger partial charge in [-0.2, -0.15) is 0 Å². The van der Waals surface area contributed by atoms with E-state index < -0.39 is 47.8 Å². The van der Waals surface area contributed by atoms with E-state index in [9.17, 15) is 34.2 Å². The zero-order chi connectivity index (χ0) is 28.5. The van der Waals surface area contributed by atoms with E-state index in [1.807, 2.05) is 0 Å². The summed E-state index contributed by atoms with van der Waals surface area (Å²) in [7, 11) is 0. The van der Waals surface area contributed by atoms with E-state index in [1.165, 1.54) is 23.2 Å². The summed E-state index contributed by atoms with van der Waals surface area (Å²) in [5, 5.41) is 24.7. The van der Waals surface area contributed by atoms with Gasteiger partial charge in [-0.05, 0) is 69.5 Å². The van der Waals surface area contributed by atoms with Crippen LogP contribution >= 0.6 is 11.6 Å². The predicted molar refractivity (Wildman–Crippen MR) is 141 cm³/mol. The summed E-state index contributed by atoms with van der Waals surface area (Å²) in [5.41, 5.74) is 5.72. The third-order valence-electron chi connectivity index (χ3n) is 7.48. The lowest BCUT2D eigenvalue weighted by molar-refractivity contribution is -0.150. The van der Waals surface area contributed by atoms with E-state index in [0.717, 1.165) is 25.7 Å². The number of hydrogen-bond acceptors (Lipinski definition) is 7. The maximum absolute atomic E-state index is 13.1. The van der Waals surface area contributed by atoms with E-state index in [1.54, 1.807) is 0 Å². The number of nitrogens with one attached hydrogen (secondary N) is 2. The number of carbonyl (C=O) groups is 5. The largest absolute Gasteiger partial charge is 0.480 e. The molecule has 0 unspecified atom stereocenters. The van der Waals surface area contributed by atoms with Crippen LogP contribution in [0.2, 0.25) is 5.15 Å². The number of aliphatic carboxylic acids is 2. The first-order valence-corrected chi connectivity index (χ1v) is 13.7. The van der Waals surface area contributed by atoms with Gasteiger partial charge in [0, 0.05) is 18.7 Å². The second-order valence-electron chi connectivity index (χ2n) is 10.1. The zero-order valence-electron chi connectivity index (χ0n) is 21.7. The van der Waals surface area contributed by atoms with Crippen LogP contribution < -0.4 is 16.4 Å². The van der Waals surface area contributed by atoms with Gasteiger partial charge >= 0.3 is 11.9 Å². The molecule has 12 nitrogen and oxygen atoms in total. The van der Waals surface area contributed by atoms with Gasteiger partial charge in [-0.1, -0.05) is 24.4 Å². The molecule has 13 heteroatoms. The molecule has 2 fully saturated rings.